The van der Waals surface area contributed by atoms with Crippen LogP contribution >= 0.6 is 0 Å². The van der Waals surface area contributed by atoms with E-state index < -0.39 is 47.5 Å². The summed E-state index contributed by atoms with van der Waals surface area (Å²) in [5, 5.41) is 8.93. The lowest BCUT2D eigenvalue weighted by atomic mass is 9.85. The van der Waals surface area contributed by atoms with Crippen molar-refractivity contribution in [3.8, 4) is 11.5 Å². The number of nitrogens with one attached hydrogen (secondary N) is 3. The van der Waals surface area contributed by atoms with Crippen molar-refractivity contribution >= 4 is 57.6 Å². The topological polar surface area (TPSA) is 201 Å². The lowest BCUT2D eigenvalue weighted by Crippen LogP contribution is -2.54. The molecule has 5 heterocycles. The van der Waals surface area contributed by atoms with Crippen molar-refractivity contribution in [3.05, 3.63) is 76.6 Å². The van der Waals surface area contributed by atoms with Gasteiger partial charge in [0.15, 0.2) is 11.5 Å². The SMILES string of the molecule is CNC(=O)C1CCN(C2CCN(c3ccc4c(c3)C(=O)N(C3CCC(=O)NC3=O)C4=O)C(CC3(COc4cc5c(NC(C)c6cc(N)cc(C(F)(F)F)c6)nc(C)nc5cc4OC)CC3)C2)CC1. The Labute approximate surface area is 391 Å². The molecule has 0 bridgehead atoms. The van der Waals surface area contributed by atoms with Gasteiger partial charge < -0.3 is 35.6 Å². The number of nitrogens with zero attached hydrogens (tertiary/aromatic N) is 5. The molecule has 3 aromatic carbocycles. The minimum Gasteiger partial charge on any atom is -0.493 e. The number of hydrogen-bond donors (Lipinski definition) is 4. The number of aryl methyl sites for hydroxylation is 1. The fourth-order valence-corrected chi connectivity index (χ4v) is 10.6. The highest BCUT2D eigenvalue weighted by atomic mass is 19.4. The largest absolute Gasteiger partial charge is 0.493 e. The van der Waals surface area contributed by atoms with E-state index in [1.807, 2.05) is 6.07 Å². The van der Waals surface area contributed by atoms with Crippen LogP contribution in [-0.4, -0.2) is 108 Å². The third-order valence-electron chi connectivity index (χ3n) is 14.5. The number of ether oxygens (including phenoxy) is 2. The molecule has 19 heteroatoms. The van der Waals surface area contributed by atoms with Gasteiger partial charge in [0, 0.05) is 66.3 Å². The third-order valence-corrected chi connectivity index (χ3v) is 14.5. The number of alkyl halides is 3. The van der Waals surface area contributed by atoms with Crippen molar-refractivity contribution in [2.45, 2.75) is 102 Å². The van der Waals surface area contributed by atoms with Crippen molar-refractivity contribution < 1.29 is 46.6 Å². The van der Waals surface area contributed by atoms with Crippen molar-refractivity contribution in [3.63, 3.8) is 0 Å². The minimum absolute atomic E-state index is 0.00468. The van der Waals surface area contributed by atoms with Crippen molar-refractivity contribution in [2.24, 2.45) is 11.3 Å². The molecule has 5 aliphatic rings. The highest BCUT2D eigenvalue weighted by Gasteiger charge is 2.49. The van der Waals surface area contributed by atoms with Crippen LogP contribution in [0.25, 0.3) is 10.9 Å². The Morgan fingerprint density at radius 2 is 1.71 bits per heavy atom. The van der Waals surface area contributed by atoms with Gasteiger partial charge in [-0.15, -0.1) is 0 Å². The van der Waals surface area contributed by atoms with Crippen molar-refractivity contribution in [1.29, 1.82) is 0 Å². The predicted molar refractivity (Wildman–Crippen MR) is 246 cm³/mol. The Morgan fingerprint density at radius 1 is 0.956 bits per heavy atom. The minimum atomic E-state index is -4.57. The van der Waals surface area contributed by atoms with E-state index >= 15 is 0 Å². The number of aromatic nitrogens is 2. The van der Waals surface area contributed by atoms with Gasteiger partial charge in [0.25, 0.3) is 11.8 Å². The molecule has 1 saturated carbocycles. The summed E-state index contributed by atoms with van der Waals surface area (Å²) in [4.78, 5) is 79.8. The average molecular weight is 940 g/mol. The molecular weight excluding hydrogens is 884 g/mol. The number of anilines is 3. The monoisotopic (exact) mass is 939 g/mol. The first-order valence-corrected chi connectivity index (χ1v) is 23.3. The summed E-state index contributed by atoms with van der Waals surface area (Å²) >= 11 is 0. The van der Waals surface area contributed by atoms with Crippen LogP contribution in [-0.2, 0) is 20.6 Å². The maximum atomic E-state index is 13.9. The van der Waals surface area contributed by atoms with Crippen LogP contribution < -0.4 is 36.1 Å². The molecule has 3 saturated heterocycles. The Hall–Kier alpha value is -6.50. The summed E-state index contributed by atoms with van der Waals surface area (Å²) in [6.45, 7) is 6.12. The number of halogens is 3. The average Bonchev–Trinajstić information content (AvgIpc) is 4.04. The van der Waals surface area contributed by atoms with E-state index in [2.05, 4.69) is 35.7 Å². The zero-order valence-corrected chi connectivity index (χ0v) is 38.5. The van der Waals surface area contributed by atoms with E-state index in [0.717, 1.165) is 80.8 Å². The van der Waals surface area contributed by atoms with Gasteiger partial charge in [-0.1, -0.05) is 0 Å². The fourth-order valence-electron chi connectivity index (χ4n) is 10.6. The van der Waals surface area contributed by atoms with E-state index in [-0.39, 0.29) is 59.0 Å². The molecule has 360 valence electrons. The van der Waals surface area contributed by atoms with Gasteiger partial charge in [0.2, 0.25) is 17.7 Å². The number of imide groups is 2. The van der Waals surface area contributed by atoms with Gasteiger partial charge in [-0.3, -0.25) is 34.2 Å². The predicted octanol–water partition coefficient (Wildman–Crippen LogP) is 6.17. The number of benzene rings is 3. The molecule has 1 aromatic heterocycles. The molecule has 4 unspecified atom stereocenters. The molecule has 4 fully saturated rings. The van der Waals surface area contributed by atoms with Crippen molar-refractivity contribution in [1.82, 2.24) is 30.4 Å². The molecule has 0 radical (unpaired) electrons. The third kappa shape index (κ3) is 9.23. The van der Waals surface area contributed by atoms with Gasteiger partial charge in [-0.05, 0) is 126 Å². The van der Waals surface area contributed by atoms with Crippen LogP contribution in [0.2, 0.25) is 0 Å². The maximum absolute atomic E-state index is 13.9. The zero-order valence-electron chi connectivity index (χ0n) is 38.5. The summed E-state index contributed by atoms with van der Waals surface area (Å²) in [6.07, 6.45) is 1.32. The smallest absolute Gasteiger partial charge is 0.416 e. The molecule has 4 atom stereocenters. The van der Waals surface area contributed by atoms with E-state index in [4.69, 9.17) is 15.2 Å². The Balaban J connectivity index is 0.967. The number of carbonyl (C=O) groups is 5. The van der Waals surface area contributed by atoms with Gasteiger partial charge in [0.05, 0.1) is 42.0 Å². The summed E-state index contributed by atoms with van der Waals surface area (Å²) < 4.78 is 53.7. The number of likely N-dealkylation sites (tertiary alicyclic amines) is 1. The quantitative estimate of drug-likeness (QED) is 0.0878. The number of nitrogen functional groups attached to an aromatic ring is 1. The molecule has 16 nitrogen and oxygen atoms in total. The number of piperidine rings is 3. The number of hydrogen-bond acceptors (Lipinski definition) is 13. The van der Waals surface area contributed by atoms with E-state index in [9.17, 15) is 37.1 Å². The molecule has 0 spiro atoms. The fraction of sp³-hybridized carbons (Fsp3) is 0.490. The van der Waals surface area contributed by atoms with Crippen LogP contribution in [0.3, 0.4) is 0 Å². The standard InChI is InChI=1S/C49H56F3N9O7/c1-26(29-17-30(49(50,51)52)19-31(53)18-29)55-43-37-22-41(40(67-4)23-38(37)56-27(2)57-43)68-25-48(12-13-48)24-34-20-32(59-14-9-28(10-15-59)44(63)54-3)11-16-60(34)33-5-6-35-36(21-33)47(66)61(46(35)65)39-7-8-42(62)58-45(39)64/h5-6,17-19,21-23,26,28,32,34,39H,7-16,20,24-25,53H2,1-4H3,(H,54,63)(H,55,56,57)(H,58,62,64). The zero-order chi connectivity index (χ0) is 48.2. The van der Waals surface area contributed by atoms with E-state index in [0.29, 0.717) is 52.8 Å². The molecule has 68 heavy (non-hydrogen) atoms. The first-order chi connectivity index (χ1) is 32.4. The second-order valence-corrected chi connectivity index (χ2v) is 19.0. The Morgan fingerprint density at radius 3 is 2.40 bits per heavy atom. The van der Waals surface area contributed by atoms with Crippen LogP contribution in [0, 0.1) is 18.3 Å². The van der Waals surface area contributed by atoms with E-state index in [1.165, 1.54) is 6.07 Å². The molecular formula is C49H56F3N9O7. The van der Waals surface area contributed by atoms with Gasteiger partial charge >= 0.3 is 6.18 Å². The number of methoxy groups -OCH3 is 1. The first kappa shape index (κ1) is 46.6. The lowest BCUT2D eigenvalue weighted by Gasteiger charge is -2.47. The summed E-state index contributed by atoms with van der Waals surface area (Å²) in [5.74, 6) is -0.392. The van der Waals surface area contributed by atoms with Crippen molar-refractivity contribution in [2.75, 3.05) is 56.3 Å². The number of amides is 5. The maximum Gasteiger partial charge on any atom is 0.416 e. The molecule has 9 rings (SSSR count). The second-order valence-electron chi connectivity index (χ2n) is 19.0. The normalized spacial score (nSPS) is 22.5. The number of fused-ring (bicyclic) bond motifs is 2. The second kappa shape index (κ2) is 18.2. The lowest BCUT2D eigenvalue weighted by molar-refractivity contribution is -0.138. The molecule has 4 aromatic rings. The van der Waals surface area contributed by atoms with Crippen LogP contribution in [0.15, 0.2) is 48.5 Å². The molecule has 1 aliphatic carbocycles. The Kier molecular flexibility index (Phi) is 12.5. The highest BCUT2D eigenvalue weighted by Crippen LogP contribution is 2.53. The summed E-state index contributed by atoms with van der Waals surface area (Å²) in [7, 11) is 3.22. The summed E-state index contributed by atoms with van der Waals surface area (Å²) in [5.41, 5.74) is 6.97. The molecule has 5 N–H and O–H groups in total. The van der Waals surface area contributed by atoms with Gasteiger partial charge in [0.1, 0.15) is 17.7 Å². The number of rotatable bonds is 13. The highest BCUT2D eigenvalue weighted by molar-refractivity contribution is 6.23. The van der Waals surface area contributed by atoms with Crippen LogP contribution in [0.5, 0.6) is 11.5 Å². The number of nitrogens with two attached hydrogens (primary N) is 1. The molecule has 5 amide bonds. The van der Waals surface area contributed by atoms with Crippen LogP contribution in [0.4, 0.5) is 30.4 Å². The van der Waals surface area contributed by atoms with Crippen LogP contribution in [0.1, 0.15) is 108 Å². The van der Waals surface area contributed by atoms with E-state index in [1.54, 1.807) is 52.3 Å². The summed E-state index contributed by atoms with van der Waals surface area (Å²) in [6, 6.07) is 10.9. The number of carbonyl (C=O) groups excluding carboxylic acids is 5. The van der Waals surface area contributed by atoms with Gasteiger partial charge in [-0.2, -0.15) is 13.2 Å². The van der Waals surface area contributed by atoms with Gasteiger partial charge in [-0.25, -0.2) is 9.97 Å². The Bertz CT molecular complexity index is 2690. The molecule has 4 aliphatic heterocycles. The first-order valence-electron chi connectivity index (χ1n) is 23.3.